The largest absolute Gasteiger partial charge is 0.493 e. The van der Waals surface area contributed by atoms with Crippen molar-refractivity contribution in [3.63, 3.8) is 0 Å². The molecule has 1 aliphatic carbocycles. The number of rotatable bonds is 8. The number of hydrogen-bond acceptors (Lipinski definition) is 6. The molecule has 9 heteroatoms. The van der Waals surface area contributed by atoms with Gasteiger partial charge in [-0.3, -0.25) is 4.79 Å². The Hall–Kier alpha value is -3.73. The minimum atomic E-state index is -0.969. The number of carbonyl (C=O) groups is 1. The van der Waals surface area contributed by atoms with E-state index in [1.54, 1.807) is 43.7 Å². The summed E-state index contributed by atoms with van der Waals surface area (Å²) in [4.78, 5) is 29.4. The summed E-state index contributed by atoms with van der Waals surface area (Å²) in [5.41, 5.74) is 2.34. The van der Waals surface area contributed by atoms with Crippen LogP contribution in [0.2, 0.25) is 0 Å². The highest BCUT2D eigenvalue weighted by Crippen LogP contribution is 2.35. The molecule has 1 saturated carbocycles. The first-order chi connectivity index (χ1) is 18.9. The molecule has 1 N–H and O–H groups in total. The number of benzene rings is 3. The van der Waals surface area contributed by atoms with Crippen LogP contribution in [0.5, 0.6) is 11.5 Å². The zero-order valence-corrected chi connectivity index (χ0v) is 23.6. The molecule has 200 valence electrons. The van der Waals surface area contributed by atoms with Crippen molar-refractivity contribution < 1.29 is 19.4 Å². The average Bonchev–Trinajstić information content (AvgIpc) is 2.96. The molecule has 5 rings (SSSR count). The molecule has 8 nitrogen and oxygen atoms in total. The summed E-state index contributed by atoms with van der Waals surface area (Å²) < 4.78 is 13.9. The first-order valence-electron chi connectivity index (χ1n) is 12.8. The van der Waals surface area contributed by atoms with E-state index in [0.29, 0.717) is 28.2 Å². The van der Waals surface area contributed by atoms with Gasteiger partial charge in [0.15, 0.2) is 11.5 Å². The number of carboxylic acid groups (broad SMARTS) is 1. The lowest BCUT2D eigenvalue weighted by Gasteiger charge is -2.22. The number of methoxy groups -OCH3 is 1. The van der Waals surface area contributed by atoms with Gasteiger partial charge in [-0.25, -0.2) is 9.78 Å². The minimum Gasteiger partial charge on any atom is -0.493 e. The molecule has 0 unspecified atom stereocenters. The fraction of sp³-hybridized carbons (Fsp3) is 0.267. The van der Waals surface area contributed by atoms with E-state index in [2.05, 4.69) is 27.7 Å². The van der Waals surface area contributed by atoms with Crippen LogP contribution in [0.3, 0.4) is 0 Å². The van der Waals surface area contributed by atoms with Gasteiger partial charge in [0, 0.05) is 5.92 Å². The van der Waals surface area contributed by atoms with Gasteiger partial charge in [-0.2, -0.15) is 9.78 Å². The van der Waals surface area contributed by atoms with Crippen molar-refractivity contribution in [3.05, 3.63) is 97.1 Å². The molecule has 0 bridgehead atoms. The Morgan fingerprint density at radius 2 is 1.87 bits per heavy atom. The number of ether oxygens (including phenoxy) is 2. The van der Waals surface area contributed by atoms with E-state index in [9.17, 15) is 9.59 Å². The van der Waals surface area contributed by atoms with E-state index in [0.717, 1.165) is 40.4 Å². The van der Waals surface area contributed by atoms with Crippen LogP contribution in [-0.4, -0.2) is 34.1 Å². The highest BCUT2D eigenvalue weighted by Gasteiger charge is 2.22. The lowest BCUT2D eigenvalue weighted by Crippen LogP contribution is -2.25. The van der Waals surface area contributed by atoms with Gasteiger partial charge in [0.2, 0.25) is 0 Å². The molecule has 39 heavy (non-hydrogen) atoms. The first-order valence-corrected chi connectivity index (χ1v) is 13.9. The Morgan fingerprint density at radius 3 is 2.59 bits per heavy atom. The van der Waals surface area contributed by atoms with E-state index in [4.69, 9.17) is 19.6 Å². The Bertz CT molecular complexity index is 1590. The van der Waals surface area contributed by atoms with Crippen molar-refractivity contribution in [2.45, 2.75) is 44.6 Å². The first kappa shape index (κ1) is 26.9. The van der Waals surface area contributed by atoms with Gasteiger partial charge >= 0.3 is 5.97 Å². The van der Waals surface area contributed by atoms with Gasteiger partial charge in [-0.1, -0.05) is 43.5 Å². The van der Waals surface area contributed by atoms with Crippen molar-refractivity contribution in [2.24, 2.45) is 5.10 Å². The molecule has 0 spiro atoms. The zero-order chi connectivity index (χ0) is 27.4. The van der Waals surface area contributed by atoms with Crippen LogP contribution < -0.4 is 15.0 Å². The van der Waals surface area contributed by atoms with Crippen molar-refractivity contribution in [2.75, 3.05) is 7.11 Å². The highest BCUT2D eigenvalue weighted by atomic mass is 127. The molecule has 3 aromatic carbocycles. The monoisotopic (exact) mass is 637 g/mol. The summed E-state index contributed by atoms with van der Waals surface area (Å²) in [5.74, 6) is 1.05. The highest BCUT2D eigenvalue weighted by molar-refractivity contribution is 14.1. The molecule has 0 aliphatic heterocycles. The predicted octanol–water partition coefficient (Wildman–Crippen LogP) is 6.22. The lowest BCUT2D eigenvalue weighted by molar-refractivity contribution is 0.0697. The number of carboxylic acids is 1. The Kier molecular flexibility index (Phi) is 8.25. The number of halogens is 1. The average molecular weight is 637 g/mol. The summed E-state index contributed by atoms with van der Waals surface area (Å²) in [6.45, 7) is 0.253. The molecule has 1 heterocycles. The number of aromatic carboxylic acids is 1. The quantitative estimate of drug-likeness (QED) is 0.182. The molecule has 0 saturated heterocycles. The summed E-state index contributed by atoms with van der Waals surface area (Å²) >= 11 is 2.18. The number of aromatic nitrogens is 2. The van der Waals surface area contributed by atoms with E-state index >= 15 is 0 Å². The maximum absolute atomic E-state index is 13.5. The molecule has 1 aromatic heterocycles. The minimum absolute atomic E-state index is 0.173. The van der Waals surface area contributed by atoms with Crippen LogP contribution in [0.25, 0.3) is 10.9 Å². The normalized spacial score (nSPS) is 14.1. The van der Waals surface area contributed by atoms with Crippen molar-refractivity contribution >= 4 is 45.7 Å². The molecule has 1 aliphatic rings. The summed E-state index contributed by atoms with van der Waals surface area (Å²) in [6.07, 6.45) is 7.10. The van der Waals surface area contributed by atoms with Gasteiger partial charge in [0.05, 0.1) is 33.4 Å². The predicted molar refractivity (Wildman–Crippen MR) is 158 cm³/mol. The van der Waals surface area contributed by atoms with E-state index in [-0.39, 0.29) is 23.6 Å². The Labute approximate surface area is 239 Å². The van der Waals surface area contributed by atoms with Gasteiger partial charge in [-0.15, -0.1) is 0 Å². The third-order valence-corrected chi connectivity index (χ3v) is 7.71. The number of hydrogen-bond donors (Lipinski definition) is 1. The zero-order valence-electron chi connectivity index (χ0n) is 21.5. The molecule has 1 fully saturated rings. The van der Waals surface area contributed by atoms with Crippen molar-refractivity contribution in [1.82, 2.24) is 9.66 Å². The molecular formula is C30H28IN3O5. The van der Waals surface area contributed by atoms with Crippen LogP contribution in [0.4, 0.5) is 0 Å². The second-order valence-electron chi connectivity index (χ2n) is 9.51. The van der Waals surface area contributed by atoms with Gasteiger partial charge < -0.3 is 14.6 Å². The Balaban J connectivity index is 1.44. The topological polar surface area (TPSA) is 103 Å². The summed E-state index contributed by atoms with van der Waals surface area (Å²) in [5, 5.41) is 14.3. The second-order valence-corrected chi connectivity index (χ2v) is 10.7. The summed E-state index contributed by atoms with van der Waals surface area (Å²) in [7, 11) is 1.57. The third-order valence-electron chi connectivity index (χ3n) is 6.91. The van der Waals surface area contributed by atoms with E-state index in [1.165, 1.54) is 11.1 Å². The SMILES string of the molecule is COc1cc(C=Nn2c(C3CCCCC3)nc3ccccc3c2=O)cc(I)c1OCc1ccc(C(=O)O)cc1. The Morgan fingerprint density at radius 1 is 1.13 bits per heavy atom. The van der Waals surface area contributed by atoms with E-state index < -0.39 is 5.97 Å². The smallest absolute Gasteiger partial charge is 0.335 e. The molecule has 0 radical (unpaired) electrons. The number of para-hydroxylation sites is 1. The van der Waals surface area contributed by atoms with Crippen LogP contribution >= 0.6 is 22.6 Å². The van der Waals surface area contributed by atoms with Crippen LogP contribution in [0.15, 0.2) is 70.6 Å². The molecule has 0 amide bonds. The molecule has 4 aromatic rings. The molecule has 0 atom stereocenters. The number of fused-ring (bicyclic) bond motifs is 1. The third kappa shape index (κ3) is 5.98. The van der Waals surface area contributed by atoms with Gasteiger partial charge in [0.25, 0.3) is 5.56 Å². The summed E-state index contributed by atoms with van der Waals surface area (Å²) in [6, 6.07) is 17.7. The van der Waals surface area contributed by atoms with E-state index in [1.807, 2.05) is 30.3 Å². The van der Waals surface area contributed by atoms with Gasteiger partial charge in [0.1, 0.15) is 12.4 Å². The molecular weight excluding hydrogens is 609 g/mol. The van der Waals surface area contributed by atoms with Gasteiger partial charge in [-0.05, 0) is 83.0 Å². The fourth-order valence-corrected chi connectivity index (χ4v) is 5.64. The van der Waals surface area contributed by atoms with Crippen molar-refractivity contribution in [3.8, 4) is 11.5 Å². The second kappa shape index (κ2) is 12.0. The maximum Gasteiger partial charge on any atom is 0.335 e. The number of nitrogens with zero attached hydrogens (tertiary/aromatic N) is 3. The standard InChI is InChI=1S/C30H28IN3O5/c1-38-26-16-20(15-24(31)27(26)39-18-19-11-13-22(14-12-19)30(36)37)17-32-34-28(21-7-3-2-4-8-21)33-25-10-6-5-9-23(25)29(34)35/h5-6,9-17,21H,2-4,7-8,18H2,1H3,(H,36,37). The lowest BCUT2D eigenvalue weighted by atomic mass is 9.88. The van der Waals surface area contributed by atoms with Crippen LogP contribution in [-0.2, 0) is 6.61 Å². The van der Waals surface area contributed by atoms with Crippen molar-refractivity contribution in [1.29, 1.82) is 0 Å². The van der Waals surface area contributed by atoms with Crippen LogP contribution in [0.1, 0.15) is 65.3 Å². The van der Waals surface area contributed by atoms with Crippen LogP contribution in [0, 0.1) is 3.57 Å². The fourth-order valence-electron chi connectivity index (χ4n) is 4.86. The maximum atomic E-state index is 13.5.